The van der Waals surface area contributed by atoms with Crippen LogP contribution in [0.25, 0.3) is 21.8 Å². The van der Waals surface area contributed by atoms with E-state index in [2.05, 4.69) is 27.4 Å². The topological polar surface area (TPSA) is 101 Å². The molecule has 2 aromatic heterocycles. The van der Waals surface area contributed by atoms with Crippen LogP contribution in [0.1, 0.15) is 32.6 Å². The van der Waals surface area contributed by atoms with E-state index in [0.29, 0.717) is 11.4 Å². The number of nitrogen functional groups attached to an aromatic ring is 1. The van der Waals surface area contributed by atoms with Crippen molar-refractivity contribution >= 4 is 33.5 Å². The second kappa shape index (κ2) is 8.70. The summed E-state index contributed by atoms with van der Waals surface area (Å²) in [5.41, 5.74) is 13.0. The van der Waals surface area contributed by atoms with E-state index in [-0.39, 0.29) is 19.1 Å². The second-order valence-electron chi connectivity index (χ2n) is 7.83. The summed E-state index contributed by atoms with van der Waals surface area (Å²) in [6.07, 6.45) is 3.44. The van der Waals surface area contributed by atoms with Crippen LogP contribution in [-0.4, -0.2) is 34.1 Å². The van der Waals surface area contributed by atoms with Crippen LogP contribution in [0.15, 0.2) is 48.7 Å². The van der Waals surface area contributed by atoms with Crippen molar-refractivity contribution in [1.29, 1.82) is 0 Å². The quantitative estimate of drug-likeness (QED) is 0.419. The van der Waals surface area contributed by atoms with Crippen LogP contribution in [0.5, 0.6) is 0 Å². The highest BCUT2D eigenvalue weighted by molar-refractivity contribution is 6.09. The van der Waals surface area contributed by atoms with E-state index in [4.69, 9.17) is 10.8 Å². The first kappa shape index (κ1) is 20.8. The number of rotatable bonds is 6. The Labute approximate surface area is 181 Å². The third kappa shape index (κ3) is 4.20. The molecular weight excluding hydrogens is 388 g/mol. The largest absolute Gasteiger partial charge is 0.395 e. The molecule has 1 amide bonds. The number of benzene rings is 2. The summed E-state index contributed by atoms with van der Waals surface area (Å²) in [5, 5.41) is 13.7. The molecule has 2 aromatic carbocycles. The lowest BCUT2D eigenvalue weighted by molar-refractivity contribution is 0.0944. The van der Waals surface area contributed by atoms with Gasteiger partial charge in [-0.1, -0.05) is 18.2 Å². The number of aryl methyl sites for hydroxylation is 4. The summed E-state index contributed by atoms with van der Waals surface area (Å²) < 4.78 is 0. The van der Waals surface area contributed by atoms with Gasteiger partial charge in [0.15, 0.2) is 5.82 Å². The maximum absolute atomic E-state index is 12.1. The average Bonchev–Trinajstić information content (AvgIpc) is 2.76. The van der Waals surface area contributed by atoms with Gasteiger partial charge >= 0.3 is 0 Å². The molecule has 0 aliphatic carbocycles. The van der Waals surface area contributed by atoms with E-state index in [9.17, 15) is 4.79 Å². The van der Waals surface area contributed by atoms with E-state index >= 15 is 0 Å². The minimum atomic E-state index is -0.173. The van der Waals surface area contributed by atoms with Crippen LogP contribution in [0.3, 0.4) is 0 Å². The van der Waals surface area contributed by atoms with Crippen molar-refractivity contribution in [1.82, 2.24) is 15.3 Å². The number of anilines is 1. The molecule has 0 fully saturated rings. The molecule has 0 atom stereocenters. The number of amides is 1. The lowest BCUT2D eigenvalue weighted by Crippen LogP contribution is -2.26. The fraction of sp³-hybridized carbons (Fsp3) is 0.240. The maximum atomic E-state index is 12.1. The lowest BCUT2D eigenvalue weighted by atomic mass is 9.95. The van der Waals surface area contributed by atoms with Gasteiger partial charge in [-0.15, -0.1) is 0 Å². The molecule has 0 saturated heterocycles. The molecule has 6 heteroatoms. The van der Waals surface area contributed by atoms with Crippen LogP contribution >= 0.6 is 0 Å². The standard InChI is InChI=1S/C25H26N4O2/c1-15-3-8-20-21(13-15)29-24(26)23-22(20)18(9-10-27-23)6-4-17-5-7-19(14-16(17)2)25(31)28-11-12-30/h3,5,7-10,13-14,30H,4,6,11-12H2,1-2H3,(H2,26,29)(H,28,31). The van der Waals surface area contributed by atoms with Crippen molar-refractivity contribution in [3.05, 3.63) is 76.5 Å². The summed E-state index contributed by atoms with van der Waals surface area (Å²) in [7, 11) is 0. The Bertz CT molecular complexity index is 1280. The van der Waals surface area contributed by atoms with Gasteiger partial charge in [0.2, 0.25) is 0 Å². The van der Waals surface area contributed by atoms with E-state index in [0.717, 1.165) is 45.8 Å². The lowest BCUT2D eigenvalue weighted by Gasteiger charge is -2.13. The summed E-state index contributed by atoms with van der Waals surface area (Å²) in [4.78, 5) is 21.2. The van der Waals surface area contributed by atoms with E-state index in [1.807, 2.05) is 44.2 Å². The number of pyridine rings is 2. The highest BCUT2D eigenvalue weighted by atomic mass is 16.3. The summed E-state index contributed by atoms with van der Waals surface area (Å²) >= 11 is 0. The van der Waals surface area contributed by atoms with Gasteiger partial charge in [-0.3, -0.25) is 9.78 Å². The maximum Gasteiger partial charge on any atom is 0.251 e. The van der Waals surface area contributed by atoms with Gasteiger partial charge in [-0.05, 0) is 73.2 Å². The zero-order valence-electron chi connectivity index (χ0n) is 17.8. The molecular formula is C25H26N4O2. The van der Waals surface area contributed by atoms with Crippen molar-refractivity contribution in [2.75, 3.05) is 18.9 Å². The van der Waals surface area contributed by atoms with Crippen molar-refractivity contribution in [2.45, 2.75) is 26.7 Å². The van der Waals surface area contributed by atoms with E-state index in [1.54, 1.807) is 6.20 Å². The number of hydrogen-bond acceptors (Lipinski definition) is 5. The zero-order chi connectivity index (χ0) is 22.0. The molecule has 0 aliphatic heterocycles. The summed E-state index contributed by atoms with van der Waals surface area (Å²) in [6.45, 7) is 4.24. The highest BCUT2D eigenvalue weighted by Crippen LogP contribution is 2.30. The first-order chi connectivity index (χ1) is 15.0. The molecule has 0 radical (unpaired) electrons. The number of nitrogens with two attached hydrogens (primary N) is 1. The molecule has 0 saturated carbocycles. The Kier molecular flexibility index (Phi) is 5.82. The molecule has 6 nitrogen and oxygen atoms in total. The van der Waals surface area contributed by atoms with Crippen LogP contribution < -0.4 is 11.1 Å². The van der Waals surface area contributed by atoms with E-state index < -0.39 is 0 Å². The van der Waals surface area contributed by atoms with Crippen LogP contribution in [0.4, 0.5) is 5.82 Å². The number of aliphatic hydroxyl groups is 1. The second-order valence-corrected chi connectivity index (χ2v) is 7.83. The minimum Gasteiger partial charge on any atom is -0.395 e. The van der Waals surface area contributed by atoms with Gasteiger partial charge < -0.3 is 16.2 Å². The van der Waals surface area contributed by atoms with Crippen molar-refractivity contribution in [3.63, 3.8) is 0 Å². The Morgan fingerprint density at radius 2 is 1.87 bits per heavy atom. The predicted octanol–water partition coefficient (Wildman–Crippen LogP) is 3.49. The molecule has 4 N–H and O–H groups in total. The normalized spacial score (nSPS) is 11.2. The molecule has 0 spiro atoms. The molecule has 31 heavy (non-hydrogen) atoms. The Balaban J connectivity index is 1.65. The van der Waals surface area contributed by atoms with Gasteiger partial charge in [-0.2, -0.15) is 0 Å². The van der Waals surface area contributed by atoms with Gasteiger partial charge in [0.25, 0.3) is 5.91 Å². The molecule has 0 bridgehead atoms. The first-order valence-corrected chi connectivity index (χ1v) is 10.4. The summed E-state index contributed by atoms with van der Waals surface area (Å²) in [5.74, 6) is 0.276. The third-order valence-corrected chi connectivity index (χ3v) is 5.61. The van der Waals surface area contributed by atoms with E-state index in [1.165, 1.54) is 11.1 Å². The number of nitrogens with one attached hydrogen (secondary N) is 1. The number of nitrogens with zero attached hydrogens (tertiary/aromatic N) is 2. The Morgan fingerprint density at radius 3 is 2.65 bits per heavy atom. The van der Waals surface area contributed by atoms with Gasteiger partial charge in [0.05, 0.1) is 12.1 Å². The van der Waals surface area contributed by atoms with Crippen molar-refractivity contribution in [2.24, 2.45) is 0 Å². The number of aromatic nitrogens is 2. The number of aliphatic hydroxyl groups excluding tert-OH is 1. The number of carbonyl (C=O) groups is 1. The van der Waals surface area contributed by atoms with Crippen LogP contribution in [0.2, 0.25) is 0 Å². The van der Waals surface area contributed by atoms with Crippen LogP contribution in [0, 0.1) is 13.8 Å². The summed E-state index contributed by atoms with van der Waals surface area (Å²) in [6, 6.07) is 14.0. The van der Waals surface area contributed by atoms with Crippen molar-refractivity contribution < 1.29 is 9.90 Å². The molecule has 0 unspecified atom stereocenters. The predicted molar refractivity (Wildman–Crippen MR) is 124 cm³/mol. The Morgan fingerprint density at radius 1 is 1.06 bits per heavy atom. The number of carbonyl (C=O) groups excluding carboxylic acids is 1. The van der Waals surface area contributed by atoms with Crippen LogP contribution in [-0.2, 0) is 12.8 Å². The Hall–Kier alpha value is -3.51. The fourth-order valence-electron chi connectivity index (χ4n) is 3.99. The molecule has 4 rings (SSSR count). The smallest absolute Gasteiger partial charge is 0.251 e. The van der Waals surface area contributed by atoms with Gasteiger partial charge in [-0.25, -0.2) is 4.98 Å². The monoisotopic (exact) mass is 414 g/mol. The number of fused-ring (bicyclic) bond motifs is 3. The van der Waals surface area contributed by atoms with Gasteiger partial charge in [0, 0.05) is 29.1 Å². The fourth-order valence-corrected chi connectivity index (χ4v) is 3.99. The average molecular weight is 415 g/mol. The van der Waals surface area contributed by atoms with Gasteiger partial charge in [0.1, 0.15) is 5.52 Å². The third-order valence-electron chi connectivity index (χ3n) is 5.61. The molecule has 2 heterocycles. The minimum absolute atomic E-state index is 0.0724. The number of hydrogen-bond donors (Lipinski definition) is 3. The first-order valence-electron chi connectivity index (χ1n) is 10.4. The molecule has 158 valence electrons. The SMILES string of the molecule is Cc1ccc2c(c1)nc(N)c1nccc(CCc3ccc(C(=O)NCCO)cc3C)c12. The zero-order valence-corrected chi connectivity index (χ0v) is 17.8. The molecule has 4 aromatic rings. The molecule has 0 aliphatic rings. The highest BCUT2D eigenvalue weighted by Gasteiger charge is 2.13. The van der Waals surface area contributed by atoms with Crippen molar-refractivity contribution in [3.8, 4) is 0 Å².